The number of benzene rings is 2. The molecule has 3 fully saturated rings. The number of halogens is 3. The average Bonchev–Trinajstić information content (AvgIpc) is 3.95. The van der Waals surface area contributed by atoms with E-state index in [-0.39, 0.29) is 51.3 Å². The minimum Gasteiger partial charge on any atom is -0.490 e. The van der Waals surface area contributed by atoms with Crippen molar-refractivity contribution in [2.24, 2.45) is 5.92 Å². The van der Waals surface area contributed by atoms with E-state index in [1.165, 1.54) is 30.6 Å². The summed E-state index contributed by atoms with van der Waals surface area (Å²) in [5.41, 5.74) is 2.36. The summed E-state index contributed by atoms with van der Waals surface area (Å²) < 4.78 is 53.8. The first-order chi connectivity index (χ1) is 35.5. The number of nitrogens with zero attached hydrogens (tertiary/aromatic N) is 7. The van der Waals surface area contributed by atoms with Crippen molar-refractivity contribution in [3.63, 3.8) is 0 Å². The Morgan fingerprint density at radius 1 is 0.712 bits per heavy atom. The van der Waals surface area contributed by atoms with E-state index < -0.39 is 52.4 Å². The van der Waals surface area contributed by atoms with E-state index in [2.05, 4.69) is 50.8 Å². The van der Waals surface area contributed by atoms with Crippen LogP contribution in [0.15, 0.2) is 113 Å². The number of piperidine rings is 1. The molecule has 3 aliphatic heterocycles. The molecule has 0 bridgehead atoms. The molecule has 8 aromatic rings. The molecule has 0 spiro atoms. The van der Waals surface area contributed by atoms with Gasteiger partial charge in [0.2, 0.25) is 0 Å². The van der Waals surface area contributed by atoms with Gasteiger partial charge in [0.1, 0.15) is 29.5 Å². The van der Waals surface area contributed by atoms with E-state index in [9.17, 15) is 19.8 Å². The van der Waals surface area contributed by atoms with Gasteiger partial charge in [0.05, 0.1) is 86.6 Å². The zero-order valence-corrected chi connectivity index (χ0v) is 39.4. The first kappa shape index (κ1) is 47.4. The van der Waals surface area contributed by atoms with Gasteiger partial charge in [-0.2, -0.15) is 0 Å². The maximum Gasteiger partial charge on any atom is 0.259 e. The molecule has 0 radical (unpaired) electrons. The Balaban J connectivity index is 0.798. The van der Waals surface area contributed by atoms with E-state index in [0.29, 0.717) is 47.9 Å². The smallest absolute Gasteiger partial charge is 0.259 e. The predicted molar refractivity (Wildman–Crippen MR) is 273 cm³/mol. The van der Waals surface area contributed by atoms with Gasteiger partial charge >= 0.3 is 0 Å². The molecule has 374 valence electrons. The fraction of sp³-hybridized carbons (Fsp3) is 0.283. The quantitative estimate of drug-likeness (QED) is 0.0623. The van der Waals surface area contributed by atoms with Crippen molar-refractivity contribution < 1.29 is 28.1 Å². The predicted octanol–water partition coefficient (Wildman–Crippen LogP) is 6.95. The number of likely N-dealkylation sites (tertiary alicyclic amines) is 1. The standard InChI is InChI=1S/C53H51F3N12O5/c54-35-6-3-30(53(72)67-18-1-2-19-67)23-34(35)39-24-41(48-37(62-39)11-14-58-51(48)70)64-46-10-5-33(27-61-46)68-20-13-43(69)31(28-68)29-73-44-8-7-36(55)47(50(44)56)40-25-42(49-38(63-40)12-15-59-52(49)71)65-45-9-4-32(26-60-45)66-21-16-57-17-22-66/h3-12,14-15,23-27,31,43,53,57,69,72H,1-2,13,16-22,28-29H2,(H,58,70)(H,59,71)(H,60,63,65)(H,61,62,64). The molecule has 6 aromatic heterocycles. The number of ether oxygens (including phenoxy) is 1. The Kier molecular flexibility index (Phi) is 13.2. The summed E-state index contributed by atoms with van der Waals surface area (Å²) in [5.74, 6) is -2.36. The number of aliphatic hydroxyl groups is 2. The second-order valence-electron chi connectivity index (χ2n) is 18.5. The molecule has 73 heavy (non-hydrogen) atoms. The second-order valence-corrected chi connectivity index (χ2v) is 18.5. The fourth-order valence-electron chi connectivity index (χ4n) is 9.93. The molecule has 0 aliphatic carbocycles. The van der Waals surface area contributed by atoms with Crippen LogP contribution in [-0.2, 0) is 0 Å². The number of pyridine rings is 6. The number of aromatic nitrogens is 6. The summed E-state index contributed by atoms with van der Waals surface area (Å²) in [6.45, 7) is 5.57. The molecule has 3 aliphatic rings. The van der Waals surface area contributed by atoms with E-state index in [1.807, 2.05) is 21.9 Å². The number of anilines is 6. The number of aromatic amines is 2. The van der Waals surface area contributed by atoms with Crippen LogP contribution < -0.4 is 41.6 Å². The minimum absolute atomic E-state index is 0.0788. The maximum atomic E-state index is 16.5. The number of hydrogen-bond donors (Lipinski definition) is 7. The van der Waals surface area contributed by atoms with Gasteiger partial charge in [-0.3, -0.25) is 14.5 Å². The molecule has 0 saturated carbocycles. The number of fused-ring (bicyclic) bond motifs is 2. The third-order valence-corrected chi connectivity index (χ3v) is 13.8. The van der Waals surface area contributed by atoms with Crippen molar-refractivity contribution >= 4 is 56.2 Å². The Labute approximate surface area is 415 Å². The van der Waals surface area contributed by atoms with E-state index in [0.717, 1.165) is 69.6 Å². The van der Waals surface area contributed by atoms with Gasteiger partial charge in [-0.05, 0) is 97.6 Å². The highest BCUT2D eigenvalue weighted by molar-refractivity contribution is 5.95. The Hall–Kier alpha value is -7.91. The topological polar surface area (TPSA) is 213 Å². The third-order valence-electron chi connectivity index (χ3n) is 13.8. The highest BCUT2D eigenvalue weighted by atomic mass is 19.1. The number of hydrogen-bond acceptors (Lipinski definition) is 15. The number of aliphatic hydroxyl groups excluding tert-OH is 2. The van der Waals surface area contributed by atoms with Crippen molar-refractivity contribution in [2.75, 3.05) is 79.4 Å². The lowest BCUT2D eigenvalue weighted by Crippen LogP contribution is -2.45. The van der Waals surface area contributed by atoms with Crippen molar-refractivity contribution in [3.8, 4) is 28.3 Å². The Morgan fingerprint density at radius 3 is 1.97 bits per heavy atom. The largest absolute Gasteiger partial charge is 0.490 e. The Bertz CT molecular complexity index is 3440. The summed E-state index contributed by atoms with van der Waals surface area (Å²) in [5, 5.41) is 32.4. The molecule has 20 heteroatoms. The summed E-state index contributed by atoms with van der Waals surface area (Å²) >= 11 is 0. The molecule has 11 rings (SSSR count). The highest BCUT2D eigenvalue weighted by Gasteiger charge is 2.30. The molecule has 17 nitrogen and oxygen atoms in total. The van der Waals surface area contributed by atoms with Crippen LogP contribution in [0.4, 0.5) is 47.6 Å². The number of nitrogens with one attached hydrogen (secondary N) is 5. The van der Waals surface area contributed by atoms with Gasteiger partial charge in [0, 0.05) is 76.2 Å². The lowest BCUT2D eigenvalue weighted by atomic mass is 9.95. The highest BCUT2D eigenvalue weighted by Crippen LogP contribution is 2.37. The summed E-state index contributed by atoms with van der Waals surface area (Å²) in [6.07, 6.45) is 6.90. The van der Waals surface area contributed by atoms with Crippen LogP contribution >= 0.6 is 0 Å². The summed E-state index contributed by atoms with van der Waals surface area (Å²) in [7, 11) is 0. The molecular weight excluding hydrogens is 942 g/mol. The summed E-state index contributed by atoms with van der Waals surface area (Å²) in [6, 6.07) is 20.2. The van der Waals surface area contributed by atoms with Crippen molar-refractivity contribution in [2.45, 2.75) is 31.6 Å². The molecule has 7 N–H and O–H groups in total. The molecule has 2 aromatic carbocycles. The first-order valence-corrected chi connectivity index (χ1v) is 24.3. The van der Waals surface area contributed by atoms with Gasteiger partial charge in [-0.15, -0.1) is 0 Å². The normalized spacial score (nSPS) is 17.8. The fourth-order valence-corrected chi connectivity index (χ4v) is 9.93. The summed E-state index contributed by atoms with van der Waals surface area (Å²) in [4.78, 5) is 56.2. The number of H-pyrrole nitrogens is 2. The molecule has 3 saturated heterocycles. The van der Waals surface area contributed by atoms with Crippen LogP contribution in [0.3, 0.4) is 0 Å². The SMILES string of the molecule is O=c1[nH]ccc2nc(-c3cc(C(O)N4CCCC4)ccc3F)cc(Nc3ccc(N4CCC(O)C(COc5ccc(F)c(-c6cc(Nc7ccc(N8CCNCC8)cn7)c7c(=O)[nH]ccc7n6)c5F)C4)cn3)c12. The van der Waals surface area contributed by atoms with E-state index in [4.69, 9.17) is 4.74 Å². The minimum atomic E-state index is -0.998. The van der Waals surface area contributed by atoms with Gasteiger partial charge in [0.15, 0.2) is 11.6 Å². The lowest BCUT2D eigenvalue weighted by Gasteiger charge is -2.37. The molecule has 3 atom stereocenters. The van der Waals surface area contributed by atoms with Gasteiger partial charge < -0.3 is 50.7 Å². The number of rotatable bonds is 13. The van der Waals surface area contributed by atoms with Gasteiger partial charge in [-0.25, -0.2) is 33.1 Å². The zero-order chi connectivity index (χ0) is 50.2. The Morgan fingerprint density at radius 2 is 1.33 bits per heavy atom. The van der Waals surface area contributed by atoms with Crippen LogP contribution in [0.25, 0.3) is 44.3 Å². The van der Waals surface area contributed by atoms with Crippen molar-refractivity contribution in [1.29, 1.82) is 0 Å². The van der Waals surface area contributed by atoms with Crippen LogP contribution in [0, 0.1) is 23.4 Å². The van der Waals surface area contributed by atoms with Crippen LogP contribution in [0.5, 0.6) is 5.75 Å². The lowest BCUT2D eigenvalue weighted by molar-refractivity contribution is 0.0190. The first-order valence-electron chi connectivity index (χ1n) is 24.3. The second kappa shape index (κ2) is 20.3. The molecular formula is C53H51F3N12O5. The third kappa shape index (κ3) is 9.76. The van der Waals surface area contributed by atoms with Crippen molar-refractivity contribution in [3.05, 3.63) is 147 Å². The van der Waals surface area contributed by atoms with E-state index in [1.54, 1.807) is 54.9 Å². The average molecular weight is 993 g/mol. The molecule has 9 heterocycles. The van der Waals surface area contributed by atoms with Crippen LogP contribution in [0.2, 0.25) is 0 Å². The van der Waals surface area contributed by atoms with Crippen molar-refractivity contribution in [1.82, 2.24) is 40.1 Å². The molecule has 3 unspecified atom stereocenters. The van der Waals surface area contributed by atoms with Gasteiger partial charge in [-0.1, -0.05) is 6.07 Å². The van der Waals surface area contributed by atoms with E-state index >= 15 is 13.2 Å². The number of piperazine rings is 1. The monoisotopic (exact) mass is 992 g/mol. The van der Waals surface area contributed by atoms with Gasteiger partial charge in [0.25, 0.3) is 11.1 Å². The molecule has 0 amide bonds. The van der Waals surface area contributed by atoms with Crippen LogP contribution in [-0.4, -0.2) is 110 Å². The maximum absolute atomic E-state index is 16.5. The van der Waals surface area contributed by atoms with Crippen LogP contribution in [0.1, 0.15) is 31.1 Å². The zero-order valence-electron chi connectivity index (χ0n) is 39.4.